The van der Waals surface area contributed by atoms with Gasteiger partial charge in [-0.3, -0.25) is 4.79 Å². The zero-order valence-corrected chi connectivity index (χ0v) is 11.1. The van der Waals surface area contributed by atoms with Crippen LogP contribution in [0, 0.1) is 6.92 Å². The van der Waals surface area contributed by atoms with E-state index < -0.39 is 11.5 Å². The molecule has 0 spiro atoms. The molecule has 2 rings (SSSR count). The van der Waals surface area contributed by atoms with Gasteiger partial charge in [-0.15, -0.1) is 0 Å². The highest BCUT2D eigenvalue weighted by atomic mass is 35.5. The van der Waals surface area contributed by atoms with Crippen molar-refractivity contribution in [3.63, 3.8) is 0 Å². The first kappa shape index (κ1) is 12.4. The van der Waals surface area contributed by atoms with E-state index in [1.165, 1.54) is 0 Å². The molecule has 0 aromatic heterocycles. The molecule has 1 aromatic rings. The summed E-state index contributed by atoms with van der Waals surface area (Å²) in [6, 6.07) is 1.83. The number of anilines is 1. The third-order valence-corrected chi connectivity index (χ3v) is 3.96. The highest BCUT2D eigenvalue weighted by molar-refractivity contribution is 6.33. The minimum atomic E-state index is -0.641. The number of halogens is 1. The van der Waals surface area contributed by atoms with E-state index in [0.717, 1.165) is 16.8 Å². The van der Waals surface area contributed by atoms with E-state index in [2.05, 4.69) is 5.32 Å². The SMILES string of the molecule is Cc1c(Cl)c(C(C)O)cc2c1NC(=O)C2(C)C. The van der Waals surface area contributed by atoms with Gasteiger partial charge in [0.15, 0.2) is 0 Å². The number of nitrogens with one attached hydrogen (secondary N) is 1. The van der Waals surface area contributed by atoms with Gasteiger partial charge < -0.3 is 10.4 Å². The maximum Gasteiger partial charge on any atom is 0.234 e. The Labute approximate surface area is 106 Å². The molecular weight excluding hydrogens is 238 g/mol. The Morgan fingerprint density at radius 2 is 2.06 bits per heavy atom. The van der Waals surface area contributed by atoms with Gasteiger partial charge >= 0.3 is 0 Å². The Bertz CT molecular complexity index is 507. The smallest absolute Gasteiger partial charge is 0.234 e. The van der Waals surface area contributed by atoms with Crippen molar-refractivity contribution in [3.05, 3.63) is 27.8 Å². The summed E-state index contributed by atoms with van der Waals surface area (Å²) in [5.74, 6) is -0.0330. The average molecular weight is 254 g/mol. The molecule has 1 heterocycles. The average Bonchev–Trinajstić information content (AvgIpc) is 2.45. The van der Waals surface area contributed by atoms with E-state index in [1.54, 1.807) is 6.92 Å². The van der Waals surface area contributed by atoms with Gasteiger partial charge in [-0.2, -0.15) is 0 Å². The molecule has 1 atom stereocenters. The number of carbonyl (C=O) groups is 1. The van der Waals surface area contributed by atoms with Crippen molar-refractivity contribution in [1.29, 1.82) is 0 Å². The van der Waals surface area contributed by atoms with Crippen LogP contribution in [0.1, 0.15) is 43.6 Å². The molecule has 2 N–H and O–H groups in total. The molecule has 0 saturated carbocycles. The minimum Gasteiger partial charge on any atom is -0.389 e. The van der Waals surface area contributed by atoms with Crippen molar-refractivity contribution in [2.75, 3.05) is 5.32 Å². The van der Waals surface area contributed by atoms with Crippen molar-refractivity contribution < 1.29 is 9.90 Å². The summed E-state index contributed by atoms with van der Waals surface area (Å²) in [5.41, 5.74) is 2.61. The monoisotopic (exact) mass is 253 g/mol. The molecule has 0 aliphatic carbocycles. The van der Waals surface area contributed by atoms with Gasteiger partial charge in [0.2, 0.25) is 5.91 Å². The second-order valence-electron chi connectivity index (χ2n) is 5.08. The molecule has 0 saturated heterocycles. The Morgan fingerprint density at radius 1 is 1.47 bits per heavy atom. The fourth-order valence-electron chi connectivity index (χ4n) is 2.17. The first-order valence-electron chi connectivity index (χ1n) is 5.59. The molecule has 1 aliphatic rings. The van der Waals surface area contributed by atoms with Crippen LogP contribution in [0.3, 0.4) is 0 Å². The first-order valence-corrected chi connectivity index (χ1v) is 5.97. The number of hydrogen-bond acceptors (Lipinski definition) is 2. The third-order valence-electron chi connectivity index (χ3n) is 3.46. The summed E-state index contributed by atoms with van der Waals surface area (Å²) in [5, 5.41) is 13.1. The lowest BCUT2D eigenvalue weighted by Crippen LogP contribution is -2.26. The van der Waals surface area contributed by atoms with E-state index in [4.69, 9.17) is 11.6 Å². The fourth-order valence-corrected chi connectivity index (χ4v) is 2.48. The van der Waals surface area contributed by atoms with Crippen molar-refractivity contribution >= 4 is 23.2 Å². The van der Waals surface area contributed by atoms with Crippen molar-refractivity contribution in [2.24, 2.45) is 0 Å². The van der Waals surface area contributed by atoms with Gasteiger partial charge in [0.05, 0.1) is 16.5 Å². The van der Waals surface area contributed by atoms with Gasteiger partial charge in [0, 0.05) is 5.69 Å². The number of benzene rings is 1. The van der Waals surface area contributed by atoms with E-state index in [-0.39, 0.29) is 5.91 Å². The normalized spacial score (nSPS) is 18.8. The zero-order chi connectivity index (χ0) is 13.0. The summed E-state index contributed by atoms with van der Waals surface area (Å²) in [4.78, 5) is 11.9. The highest BCUT2D eigenvalue weighted by Gasteiger charge is 2.40. The minimum absolute atomic E-state index is 0.0330. The molecule has 1 unspecified atom stereocenters. The summed E-state index contributed by atoms with van der Waals surface area (Å²) >= 11 is 6.20. The number of aliphatic hydroxyl groups excluding tert-OH is 1. The van der Waals surface area contributed by atoms with Crippen LogP contribution >= 0.6 is 11.6 Å². The molecule has 0 bridgehead atoms. The fraction of sp³-hybridized carbons (Fsp3) is 0.462. The highest BCUT2D eigenvalue weighted by Crippen LogP contribution is 2.44. The van der Waals surface area contributed by atoms with Crippen LogP contribution in [0.2, 0.25) is 5.02 Å². The number of rotatable bonds is 1. The lowest BCUT2D eigenvalue weighted by Gasteiger charge is -2.19. The van der Waals surface area contributed by atoms with E-state index in [1.807, 2.05) is 26.8 Å². The Balaban J connectivity index is 2.74. The molecular formula is C13H16ClNO2. The van der Waals surface area contributed by atoms with Crippen LogP contribution in [-0.4, -0.2) is 11.0 Å². The maximum atomic E-state index is 11.9. The quantitative estimate of drug-likeness (QED) is 0.809. The summed E-state index contributed by atoms with van der Waals surface area (Å²) in [7, 11) is 0. The van der Waals surface area contributed by atoms with Crippen molar-refractivity contribution in [3.8, 4) is 0 Å². The zero-order valence-electron chi connectivity index (χ0n) is 10.4. The summed E-state index contributed by atoms with van der Waals surface area (Å²) in [6.45, 7) is 7.26. The van der Waals surface area contributed by atoms with Gasteiger partial charge in [-0.05, 0) is 50.5 Å². The van der Waals surface area contributed by atoms with E-state index >= 15 is 0 Å². The standard InChI is InChI=1S/C13H16ClNO2/c1-6-10(14)8(7(2)16)5-9-11(6)15-12(17)13(9,3)4/h5,7,16H,1-4H3,(H,15,17). The van der Waals surface area contributed by atoms with Crippen molar-refractivity contribution in [2.45, 2.75) is 39.2 Å². The molecule has 92 valence electrons. The molecule has 0 radical (unpaired) electrons. The first-order chi connectivity index (χ1) is 7.76. The number of amides is 1. The Kier molecular flexibility index (Phi) is 2.71. The van der Waals surface area contributed by atoms with Crippen molar-refractivity contribution in [1.82, 2.24) is 0 Å². The molecule has 0 fully saturated rings. The molecule has 4 heteroatoms. The largest absolute Gasteiger partial charge is 0.389 e. The van der Waals surface area contributed by atoms with Crippen LogP contribution in [-0.2, 0) is 10.2 Å². The second-order valence-corrected chi connectivity index (χ2v) is 5.46. The van der Waals surface area contributed by atoms with Crippen LogP contribution in [0.25, 0.3) is 0 Å². The third kappa shape index (κ3) is 1.65. The van der Waals surface area contributed by atoms with Gasteiger partial charge in [-0.1, -0.05) is 11.6 Å². The maximum absolute atomic E-state index is 11.9. The van der Waals surface area contributed by atoms with Gasteiger partial charge in [0.25, 0.3) is 0 Å². The molecule has 17 heavy (non-hydrogen) atoms. The number of hydrogen-bond donors (Lipinski definition) is 2. The van der Waals surface area contributed by atoms with Crippen LogP contribution in [0.15, 0.2) is 6.07 Å². The predicted molar refractivity (Wildman–Crippen MR) is 68.5 cm³/mol. The van der Waals surface area contributed by atoms with Crippen LogP contribution in [0.4, 0.5) is 5.69 Å². The van der Waals surface area contributed by atoms with E-state index in [0.29, 0.717) is 10.6 Å². The number of aliphatic hydroxyl groups is 1. The van der Waals surface area contributed by atoms with Crippen LogP contribution < -0.4 is 5.32 Å². The molecule has 3 nitrogen and oxygen atoms in total. The topological polar surface area (TPSA) is 49.3 Å². The lowest BCUT2D eigenvalue weighted by molar-refractivity contribution is -0.119. The van der Waals surface area contributed by atoms with Gasteiger partial charge in [0.1, 0.15) is 0 Å². The van der Waals surface area contributed by atoms with E-state index in [9.17, 15) is 9.90 Å². The number of fused-ring (bicyclic) bond motifs is 1. The van der Waals surface area contributed by atoms with Gasteiger partial charge in [-0.25, -0.2) is 0 Å². The number of carbonyl (C=O) groups excluding carboxylic acids is 1. The Hall–Kier alpha value is -1.06. The molecule has 1 amide bonds. The second kappa shape index (κ2) is 3.72. The summed E-state index contributed by atoms with van der Waals surface area (Å²) < 4.78 is 0. The Morgan fingerprint density at radius 3 is 2.59 bits per heavy atom. The predicted octanol–water partition coefficient (Wildman–Crippen LogP) is 2.93. The van der Waals surface area contributed by atoms with Crippen LogP contribution in [0.5, 0.6) is 0 Å². The summed E-state index contributed by atoms with van der Waals surface area (Å²) in [6.07, 6.45) is -0.641. The molecule has 1 aromatic carbocycles. The lowest BCUT2D eigenvalue weighted by atomic mass is 9.84. The molecule has 1 aliphatic heterocycles.